The summed E-state index contributed by atoms with van der Waals surface area (Å²) in [5.74, 6) is 0.600. The molecule has 0 unspecified atom stereocenters. The molecule has 51 heavy (non-hydrogen) atoms. The Kier molecular flexibility index (Phi) is 6.81. The molecule has 0 N–H and O–H groups in total. The molecule has 0 aliphatic rings. The second-order valence-electron chi connectivity index (χ2n) is 13.0. The fourth-order valence-corrected chi connectivity index (χ4v) is 7.47. The molecule has 3 heteroatoms. The maximum atomic E-state index is 6.67. The molecule has 0 atom stereocenters. The maximum Gasteiger partial charge on any atom is 0.227 e. The molecule has 0 saturated carbocycles. The van der Waals surface area contributed by atoms with Gasteiger partial charge in [0.2, 0.25) is 5.89 Å². The van der Waals surface area contributed by atoms with Gasteiger partial charge in [-0.25, -0.2) is 4.98 Å². The van der Waals surface area contributed by atoms with Crippen molar-refractivity contribution in [3.8, 4) is 56.0 Å². The number of hydrogen-bond acceptors (Lipinski definition) is 3. The SMILES string of the molecule is c1cncc(-c2ccc(-c3cc(-c4cc5ccccc5c5ccccc45)cc4oc(-c5ccc(-c6cccc7ccccc67)cc5)nc34)cc2)c1. The van der Waals surface area contributed by atoms with Crippen molar-refractivity contribution in [2.75, 3.05) is 0 Å². The van der Waals surface area contributed by atoms with Gasteiger partial charge in [0.25, 0.3) is 0 Å². The van der Waals surface area contributed by atoms with E-state index in [1.54, 1.807) is 6.20 Å². The van der Waals surface area contributed by atoms with Crippen LogP contribution in [-0.4, -0.2) is 9.97 Å². The third-order valence-corrected chi connectivity index (χ3v) is 10.00. The minimum atomic E-state index is 0.600. The molecule has 8 aromatic carbocycles. The molecular weight excluding hydrogens is 621 g/mol. The molecule has 10 rings (SSSR count). The predicted molar refractivity (Wildman–Crippen MR) is 212 cm³/mol. The summed E-state index contributed by atoms with van der Waals surface area (Å²) in [5.41, 5.74) is 11.5. The van der Waals surface area contributed by atoms with Gasteiger partial charge >= 0.3 is 0 Å². The predicted octanol–water partition coefficient (Wildman–Crippen LogP) is 13.0. The monoisotopic (exact) mass is 650 g/mol. The average Bonchev–Trinajstić information content (AvgIpc) is 3.65. The first-order valence-electron chi connectivity index (χ1n) is 17.2. The van der Waals surface area contributed by atoms with Crippen LogP contribution < -0.4 is 0 Å². The zero-order valence-electron chi connectivity index (χ0n) is 27.6. The van der Waals surface area contributed by atoms with Gasteiger partial charge in [-0.05, 0) is 108 Å². The van der Waals surface area contributed by atoms with Crippen LogP contribution in [0.5, 0.6) is 0 Å². The Labute approximate surface area is 295 Å². The van der Waals surface area contributed by atoms with E-state index < -0.39 is 0 Å². The van der Waals surface area contributed by atoms with E-state index in [9.17, 15) is 0 Å². The number of nitrogens with zero attached hydrogens (tertiary/aromatic N) is 2. The van der Waals surface area contributed by atoms with Crippen LogP contribution in [-0.2, 0) is 0 Å². The quantitative estimate of drug-likeness (QED) is 0.174. The fraction of sp³-hybridized carbons (Fsp3) is 0. The van der Waals surface area contributed by atoms with E-state index in [2.05, 4.69) is 169 Å². The van der Waals surface area contributed by atoms with Crippen molar-refractivity contribution < 1.29 is 4.42 Å². The Bertz CT molecular complexity index is 2880. The lowest BCUT2D eigenvalue weighted by atomic mass is 9.91. The Morgan fingerprint density at radius 3 is 1.80 bits per heavy atom. The summed E-state index contributed by atoms with van der Waals surface area (Å²) in [6, 6.07) is 60.2. The van der Waals surface area contributed by atoms with Crippen molar-refractivity contribution in [3.05, 3.63) is 182 Å². The molecule has 0 aliphatic carbocycles. The van der Waals surface area contributed by atoms with Crippen LogP contribution in [0.1, 0.15) is 0 Å². The van der Waals surface area contributed by atoms with Crippen molar-refractivity contribution in [3.63, 3.8) is 0 Å². The smallest absolute Gasteiger partial charge is 0.227 e. The molecule has 238 valence electrons. The first-order valence-corrected chi connectivity index (χ1v) is 17.2. The van der Waals surface area contributed by atoms with E-state index in [4.69, 9.17) is 9.40 Å². The van der Waals surface area contributed by atoms with Crippen molar-refractivity contribution in [1.29, 1.82) is 0 Å². The van der Waals surface area contributed by atoms with Gasteiger partial charge in [0.05, 0.1) is 0 Å². The lowest BCUT2D eigenvalue weighted by Crippen LogP contribution is -1.88. The normalized spacial score (nSPS) is 11.5. The second kappa shape index (κ2) is 11.9. The Morgan fingerprint density at radius 1 is 0.373 bits per heavy atom. The number of hydrogen-bond donors (Lipinski definition) is 0. The highest BCUT2D eigenvalue weighted by atomic mass is 16.3. The van der Waals surface area contributed by atoms with Crippen LogP contribution in [0.4, 0.5) is 0 Å². The third-order valence-electron chi connectivity index (χ3n) is 10.00. The lowest BCUT2D eigenvalue weighted by molar-refractivity contribution is 0.620. The molecule has 0 radical (unpaired) electrons. The van der Waals surface area contributed by atoms with E-state index >= 15 is 0 Å². The highest BCUT2D eigenvalue weighted by molar-refractivity contribution is 6.14. The molecule has 0 fully saturated rings. The van der Waals surface area contributed by atoms with Gasteiger partial charge in [-0.15, -0.1) is 0 Å². The van der Waals surface area contributed by atoms with Crippen LogP contribution >= 0.6 is 0 Å². The number of aromatic nitrogens is 2. The molecule has 0 amide bonds. The summed E-state index contributed by atoms with van der Waals surface area (Å²) in [7, 11) is 0. The summed E-state index contributed by atoms with van der Waals surface area (Å²) in [5, 5.41) is 7.36. The molecule has 2 heterocycles. The van der Waals surface area contributed by atoms with E-state index in [-0.39, 0.29) is 0 Å². The van der Waals surface area contributed by atoms with Crippen molar-refractivity contribution >= 4 is 43.4 Å². The lowest BCUT2D eigenvalue weighted by Gasteiger charge is -2.13. The molecule has 10 aromatic rings. The largest absolute Gasteiger partial charge is 0.436 e. The standard InChI is InChI=1S/C48H30N2O/c1-3-13-39-32(9-1)11-7-17-40(39)33-22-24-35(25-23-33)48-50-47-45(34-20-18-31(19-21-34)37-12-8-26-49-30-37)28-38(29-46(47)51-48)44-27-36-10-2-4-14-41(36)42-15-5-6-16-43(42)44/h1-30H. The molecule has 3 nitrogen and oxygen atoms in total. The summed E-state index contributed by atoms with van der Waals surface area (Å²) >= 11 is 0. The molecule has 0 aliphatic heterocycles. The third kappa shape index (κ3) is 5.06. The maximum absolute atomic E-state index is 6.67. The zero-order valence-corrected chi connectivity index (χ0v) is 27.6. The number of fused-ring (bicyclic) bond motifs is 5. The second-order valence-corrected chi connectivity index (χ2v) is 13.0. The van der Waals surface area contributed by atoms with Gasteiger partial charge in [-0.1, -0.05) is 133 Å². The topological polar surface area (TPSA) is 38.9 Å². The Hall–Kier alpha value is -6.84. The molecule has 0 bridgehead atoms. The molecule has 2 aromatic heterocycles. The van der Waals surface area contributed by atoms with Crippen molar-refractivity contribution in [1.82, 2.24) is 9.97 Å². The summed E-state index contributed by atoms with van der Waals surface area (Å²) in [6.45, 7) is 0. The first-order chi connectivity index (χ1) is 25.3. The van der Waals surface area contributed by atoms with Crippen LogP contribution in [0.25, 0.3) is 99.4 Å². The van der Waals surface area contributed by atoms with Crippen LogP contribution in [0, 0.1) is 0 Å². The van der Waals surface area contributed by atoms with Gasteiger partial charge in [-0.2, -0.15) is 0 Å². The van der Waals surface area contributed by atoms with Crippen LogP contribution in [0.15, 0.2) is 187 Å². The summed E-state index contributed by atoms with van der Waals surface area (Å²) < 4.78 is 6.67. The number of benzene rings is 8. The molecule has 0 spiro atoms. The average molecular weight is 651 g/mol. The number of rotatable bonds is 5. The van der Waals surface area contributed by atoms with Gasteiger partial charge in [0.1, 0.15) is 5.52 Å². The van der Waals surface area contributed by atoms with Gasteiger partial charge in [-0.3, -0.25) is 4.98 Å². The number of pyridine rings is 1. The highest BCUT2D eigenvalue weighted by Gasteiger charge is 2.18. The van der Waals surface area contributed by atoms with E-state index in [1.165, 1.54) is 37.9 Å². The van der Waals surface area contributed by atoms with Gasteiger partial charge < -0.3 is 4.42 Å². The fourth-order valence-electron chi connectivity index (χ4n) is 7.47. The van der Waals surface area contributed by atoms with E-state index in [0.717, 1.165) is 55.6 Å². The van der Waals surface area contributed by atoms with Crippen molar-refractivity contribution in [2.24, 2.45) is 0 Å². The Morgan fingerprint density at radius 2 is 1.02 bits per heavy atom. The van der Waals surface area contributed by atoms with Gasteiger partial charge in [0.15, 0.2) is 5.58 Å². The van der Waals surface area contributed by atoms with Crippen LogP contribution in [0.2, 0.25) is 0 Å². The summed E-state index contributed by atoms with van der Waals surface area (Å²) in [4.78, 5) is 9.48. The minimum Gasteiger partial charge on any atom is -0.436 e. The first kappa shape index (κ1) is 29.1. The Balaban J connectivity index is 1.14. The van der Waals surface area contributed by atoms with Gasteiger partial charge in [0, 0.05) is 23.5 Å². The molecular formula is C48H30N2O. The zero-order chi connectivity index (χ0) is 33.7. The van der Waals surface area contributed by atoms with Crippen molar-refractivity contribution in [2.45, 2.75) is 0 Å². The van der Waals surface area contributed by atoms with E-state index in [0.29, 0.717) is 5.89 Å². The highest BCUT2D eigenvalue weighted by Crippen LogP contribution is 2.41. The van der Waals surface area contributed by atoms with Crippen LogP contribution in [0.3, 0.4) is 0 Å². The minimum absolute atomic E-state index is 0.600. The molecule has 0 saturated heterocycles. The summed E-state index contributed by atoms with van der Waals surface area (Å²) in [6.07, 6.45) is 3.70. The van der Waals surface area contributed by atoms with E-state index in [1.807, 2.05) is 12.3 Å². The number of oxazole rings is 1.